The molecule has 1 aliphatic rings. The number of carbonyl (C=O) groups is 1. The predicted molar refractivity (Wildman–Crippen MR) is 110 cm³/mol. The molecule has 6 nitrogen and oxygen atoms in total. The molecule has 1 amide bonds. The first-order valence-electron chi connectivity index (χ1n) is 9.19. The van der Waals surface area contributed by atoms with E-state index in [4.69, 9.17) is 4.74 Å². The molecule has 0 atom stereocenters. The molecule has 0 bridgehead atoms. The van der Waals surface area contributed by atoms with Gasteiger partial charge >= 0.3 is 0 Å². The van der Waals surface area contributed by atoms with Gasteiger partial charge in [0.05, 0.1) is 24.5 Å². The number of benzene rings is 2. The quantitative estimate of drug-likeness (QED) is 0.648. The van der Waals surface area contributed by atoms with Crippen LogP contribution >= 0.6 is 12.4 Å². The zero-order valence-corrected chi connectivity index (χ0v) is 16.5. The number of hydrogen-bond donors (Lipinski definition) is 2. The molecule has 3 aromatic rings. The van der Waals surface area contributed by atoms with Gasteiger partial charge in [-0.1, -0.05) is 18.2 Å². The summed E-state index contributed by atoms with van der Waals surface area (Å²) < 4.78 is 20.9. The van der Waals surface area contributed by atoms with Gasteiger partial charge in [0.1, 0.15) is 18.2 Å². The highest BCUT2D eigenvalue weighted by Crippen LogP contribution is 2.16. The summed E-state index contributed by atoms with van der Waals surface area (Å²) in [6, 6.07) is 15.2. The fraction of sp³-hybridized carbons (Fsp3) is 0.238. The minimum atomic E-state index is -0.300. The first-order chi connectivity index (χ1) is 13.7. The number of aromatic nitrogens is 2. The van der Waals surface area contributed by atoms with E-state index in [0.717, 1.165) is 36.6 Å². The van der Waals surface area contributed by atoms with Crippen molar-refractivity contribution in [2.45, 2.75) is 26.2 Å². The molecule has 1 aliphatic heterocycles. The highest BCUT2D eigenvalue weighted by atomic mass is 35.5. The highest BCUT2D eigenvalue weighted by Gasteiger charge is 2.13. The molecule has 0 radical (unpaired) electrons. The van der Waals surface area contributed by atoms with Crippen molar-refractivity contribution in [3.05, 3.63) is 82.9 Å². The Hall–Kier alpha value is -2.90. The van der Waals surface area contributed by atoms with Crippen LogP contribution in [0, 0.1) is 5.82 Å². The fourth-order valence-corrected chi connectivity index (χ4v) is 3.13. The fourth-order valence-electron chi connectivity index (χ4n) is 3.13. The van der Waals surface area contributed by atoms with Crippen LogP contribution in [0.4, 0.5) is 4.39 Å². The molecular weight excluding hydrogens is 395 g/mol. The van der Waals surface area contributed by atoms with Gasteiger partial charge in [-0.25, -0.2) is 4.39 Å². The molecule has 2 N–H and O–H groups in total. The van der Waals surface area contributed by atoms with Crippen molar-refractivity contribution in [1.29, 1.82) is 0 Å². The number of rotatable bonds is 6. The van der Waals surface area contributed by atoms with E-state index in [2.05, 4.69) is 15.7 Å². The Bertz CT molecular complexity index is 969. The maximum absolute atomic E-state index is 13.2. The minimum absolute atomic E-state index is 0. The summed E-state index contributed by atoms with van der Waals surface area (Å²) in [5.74, 6) is 0.0618. The molecule has 0 saturated heterocycles. The monoisotopic (exact) mass is 416 g/mol. The van der Waals surface area contributed by atoms with E-state index < -0.39 is 0 Å². The normalized spacial score (nSPS) is 12.6. The standard InChI is InChI=1S/C21H21FN4O2.ClH/c22-17-5-1-3-15(9-17)14-28-20-6-2-4-16(10-20)21(27)24-12-18-11-19-13-23-7-8-26(19)25-18;/h1-6,9-11,23H,7-8,12-14H2,(H,24,27);1H. The zero-order chi connectivity index (χ0) is 19.3. The van der Waals surface area contributed by atoms with Crippen LogP contribution in [0.2, 0.25) is 0 Å². The molecule has 8 heteroatoms. The smallest absolute Gasteiger partial charge is 0.251 e. The predicted octanol–water partition coefficient (Wildman–Crippen LogP) is 3.06. The molecule has 0 aliphatic carbocycles. The highest BCUT2D eigenvalue weighted by molar-refractivity contribution is 5.94. The Balaban J connectivity index is 0.00000240. The number of fused-ring (bicyclic) bond motifs is 1. The van der Waals surface area contributed by atoms with Crippen molar-refractivity contribution in [2.75, 3.05) is 6.54 Å². The van der Waals surface area contributed by atoms with Crippen LogP contribution in [0.3, 0.4) is 0 Å². The van der Waals surface area contributed by atoms with Gasteiger partial charge in [-0.05, 0) is 42.0 Å². The average molecular weight is 417 g/mol. The van der Waals surface area contributed by atoms with E-state index in [1.54, 1.807) is 36.4 Å². The third-order valence-electron chi connectivity index (χ3n) is 4.54. The maximum Gasteiger partial charge on any atom is 0.251 e. The van der Waals surface area contributed by atoms with Gasteiger partial charge in [0.2, 0.25) is 0 Å². The number of amides is 1. The van der Waals surface area contributed by atoms with Gasteiger partial charge < -0.3 is 15.4 Å². The summed E-state index contributed by atoms with van der Waals surface area (Å²) in [7, 11) is 0. The van der Waals surface area contributed by atoms with Crippen molar-refractivity contribution >= 4 is 18.3 Å². The number of nitrogens with zero attached hydrogens (tertiary/aromatic N) is 2. The largest absolute Gasteiger partial charge is 0.489 e. The third kappa shape index (κ3) is 5.34. The summed E-state index contributed by atoms with van der Waals surface area (Å²) >= 11 is 0. The second-order valence-corrected chi connectivity index (χ2v) is 6.66. The van der Waals surface area contributed by atoms with Crippen LogP contribution in [0.15, 0.2) is 54.6 Å². The van der Waals surface area contributed by atoms with Crippen LogP contribution in [0.5, 0.6) is 5.75 Å². The molecule has 152 valence electrons. The second kappa shape index (κ2) is 9.54. The Morgan fingerprint density at radius 3 is 2.90 bits per heavy atom. The number of nitrogens with one attached hydrogen (secondary N) is 2. The summed E-state index contributed by atoms with van der Waals surface area (Å²) in [5.41, 5.74) is 3.20. The van der Waals surface area contributed by atoms with Crippen molar-refractivity contribution in [1.82, 2.24) is 20.4 Å². The molecule has 2 aromatic carbocycles. The van der Waals surface area contributed by atoms with Gasteiger partial charge in [0, 0.05) is 18.7 Å². The van der Waals surface area contributed by atoms with Crippen molar-refractivity contribution in [3.8, 4) is 5.75 Å². The average Bonchev–Trinajstić information content (AvgIpc) is 3.14. The molecule has 0 fully saturated rings. The summed E-state index contributed by atoms with van der Waals surface area (Å²) in [5, 5.41) is 10.7. The lowest BCUT2D eigenvalue weighted by Gasteiger charge is -2.13. The molecule has 1 aromatic heterocycles. The number of halogens is 2. The van der Waals surface area contributed by atoms with Gasteiger partial charge in [-0.15, -0.1) is 12.4 Å². The third-order valence-corrected chi connectivity index (χ3v) is 4.54. The van der Waals surface area contributed by atoms with Crippen LogP contribution in [-0.2, 0) is 26.2 Å². The van der Waals surface area contributed by atoms with Crippen LogP contribution in [-0.4, -0.2) is 22.2 Å². The summed E-state index contributed by atoms with van der Waals surface area (Å²) in [4.78, 5) is 12.5. The second-order valence-electron chi connectivity index (χ2n) is 6.66. The Labute approximate surface area is 174 Å². The lowest BCUT2D eigenvalue weighted by atomic mass is 10.2. The van der Waals surface area contributed by atoms with E-state index >= 15 is 0 Å². The summed E-state index contributed by atoms with van der Waals surface area (Å²) in [6.45, 7) is 3.15. The topological polar surface area (TPSA) is 68.2 Å². The number of ether oxygens (including phenoxy) is 1. The van der Waals surface area contributed by atoms with E-state index in [1.807, 2.05) is 10.7 Å². The van der Waals surface area contributed by atoms with E-state index in [9.17, 15) is 9.18 Å². The van der Waals surface area contributed by atoms with Crippen LogP contribution in [0.1, 0.15) is 27.3 Å². The van der Waals surface area contributed by atoms with Crippen molar-refractivity contribution in [3.63, 3.8) is 0 Å². The Kier molecular flexibility index (Phi) is 6.85. The van der Waals surface area contributed by atoms with Crippen LogP contribution in [0.25, 0.3) is 0 Å². The molecule has 2 heterocycles. The van der Waals surface area contributed by atoms with Gasteiger partial charge in [-0.3, -0.25) is 9.48 Å². The Morgan fingerprint density at radius 1 is 1.21 bits per heavy atom. The minimum Gasteiger partial charge on any atom is -0.489 e. The first kappa shape index (κ1) is 20.8. The zero-order valence-electron chi connectivity index (χ0n) is 15.7. The van der Waals surface area contributed by atoms with Gasteiger partial charge in [0.25, 0.3) is 5.91 Å². The SMILES string of the molecule is Cl.O=C(NCc1cc2n(n1)CCNC2)c1cccc(OCc2cccc(F)c2)c1. The van der Waals surface area contributed by atoms with Crippen molar-refractivity contribution < 1.29 is 13.9 Å². The van der Waals surface area contributed by atoms with E-state index in [0.29, 0.717) is 17.9 Å². The van der Waals surface area contributed by atoms with E-state index in [1.165, 1.54) is 12.1 Å². The molecule has 0 spiro atoms. The number of carbonyl (C=O) groups excluding carboxylic acids is 1. The van der Waals surface area contributed by atoms with Gasteiger partial charge in [0.15, 0.2) is 0 Å². The van der Waals surface area contributed by atoms with E-state index in [-0.39, 0.29) is 30.7 Å². The lowest BCUT2D eigenvalue weighted by molar-refractivity contribution is 0.0950. The maximum atomic E-state index is 13.2. The molecule has 0 unspecified atom stereocenters. The van der Waals surface area contributed by atoms with Crippen molar-refractivity contribution in [2.24, 2.45) is 0 Å². The molecule has 4 rings (SSSR count). The van der Waals surface area contributed by atoms with Crippen LogP contribution < -0.4 is 15.4 Å². The first-order valence-corrected chi connectivity index (χ1v) is 9.19. The number of hydrogen-bond acceptors (Lipinski definition) is 4. The molecule has 0 saturated carbocycles. The summed E-state index contributed by atoms with van der Waals surface area (Å²) in [6.07, 6.45) is 0. The Morgan fingerprint density at radius 2 is 2.07 bits per heavy atom. The molecule has 29 heavy (non-hydrogen) atoms. The lowest BCUT2D eigenvalue weighted by Crippen LogP contribution is -2.28. The van der Waals surface area contributed by atoms with Gasteiger partial charge in [-0.2, -0.15) is 5.10 Å². The molecular formula is C21H22ClFN4O2.